The first kappa shape index (κ1) is 20.3. The fraction of sp³-hybridized carbons (Fsp3) is 0.450. The van der Waals surface area contributed by atoms with Crippen LogP contribution in [0.2, 0.25) is 0 Å². The molecule has 2 fully saturated rings. The van der Waals surface area contributed by atoms with Crippen molar-refractivity contribution in [1.82, 2.24) is 9.80 Å². The highest BCUT2D eigenvalue weighted by molar-refractivity contribution is 8.18. The van der Waals surface area contributed by atoms with Crippen molar-refractivity contribution in [2.24, 2.45) is 0 Å². The number of carbonyl (C=O) groups is 3. The SMILES string of the molecule is COc1cccc(C=C2SC(=O)N(CC(=O)N3CCCCCC3)C2=O)c1OC. The Bertz CT molecular complexity index is 800. The molecule has 0 aliphatic carbocycles. The van der Waals surface area contributed by atoms with Gasteiger partial charge in [0.1, 0.15) is 6.54 Å². The maximum atomic E-state index is 12.7. The van der Waals surface area contributed by atoms with Gasteiger partial charge in [0.2, 0.25) is 5.91 Å². The molecule has 2 aliphatic heterocycles. The summed E-state index contributed by atoms with van der Waals surface area (Å²) in [5.41, 5.74) is 0.631. The Kier molecular flexibility index (Phi) is 6.61. The second kappa shape index (κ2) is 9.14. The summed E-state index contributed by atoms with van der Waals surface area (Å²) < 4.78 is 10.6. The van der Waals surface area contributed by atoms with E-state index in [1.165, 1.54) is 14.2 Å². The average Bonchev–Trinajstić information content (AvgIpc) is 2.90. The van der Waals surface area contributed by atoms with Crippen molar-refractivity contribution in [3.05, 3.63) is 28.7 Å². The van der Waals surface area contributed by atoms with Gasteiger partial charge in [0.25, 0.3) is 11.1 Å². The van der Waals surface area contributed by atoms with Crippen LogP contribution in [0.25, 0.3) is 6.08 Å². The van der Waals surface area contributed by atoms with Gasteiger partial charge in [-0.1, -0.05) is 25.0 Å². The van der Waals surface area contributed by atoms with Crippen LogP contribution in [0.3, 0.4) is 0 Å². The molecule has 0 spiro atoms. The Morgan fingerprint density at radius 1 is 1.11 bits per heavy atom. The van der Waals surface area contributed by atoms with Crippen molar-refractivity contribution in [3.8, 4) is 11.5 Å². The third kappa shape index (κ3) is 4.32. The van der Waals surface area contributed by atoms with Gasteiger partial charge in [0.15, 0.2) is 11.5 Å². The number of hydrogen-bond donors (Lipinski definition) is 0. The molecule has 3 amide bonds. The predicted octanol–water partition coefficient (Wildman–Crippen LogP) is 3.14. The highest BCUT2D eigenvalue weighted by Crippen LogP contribution is 2.37. The summed E-state index contributed by atoms with van der Waals surface area (Å²) in [6, 6.07) is 5.31. The molecule has 1 aromatic carbocycles. The normalized spacial score (nSPS) is 19.1. The van der Waals surface area contributed by atoms with Gasteiger partial charge in [-0.3, -0.25) is 19.3 Å². The third-order valence-corrected chi connectivity index (χ3v) is 5.75. The first-order chi connectivity index (χ1) is 13.5. The summed E-state index contributed by atoms with van der Waals surface area (Å²) in [5, 5.41) is -0.429. The second-order valence-corrected chi connectivity index (χ2v) is 7.64. The molecule has 150 valence electrons. The number of thioether (sulfide) groups is 1. The van der Waals surface area contributed by atoms with Crippen LogP contribution in [0.15, 0.2) is 23.1 Å². The molecule has 8 heteroatoms. The summed E-state index contributed by atoms with van der Waals surface area (Å²) in [4.78, 5) is 40.7. The lowest BCUT2D eigenvalue weighted by Crippen LogP contribution is -2.42. The van der Waals surface area contributed by atoms with Gasteiger partial charge in [-0.25, -0.2) is 0 Å². The first-order valence-electron chi connectivity index (χ1n) is 9.29. The van der Waals surface area contributed by atoms with E-state index in [-0.39, 0.29) is 17.4 Å². The molecule has 28 heavy (non-hydrogen) atoms. The highest BCUT2D eigenvalue weighted by Gasteiger charge is 2.37. The van der Waals surface area contributed by atoms with E-state index in [1.807, 2.05) is 0 Å². The summed E-state index contributed by atoms with van der Waals surface area (Å²) in [7, 11) is 3.05. The topological polar surface area (TPSA) is 76.2 Å². The maximum Gasteiger partial charge on any atom is 0.294 e. The van der Waals surface area contributed by atoms with Gasteiger partial charge in [0.05, 0.1) is 19.1 Å². The van der Waals surface area contributed by atoms with Gasteiger partial charge in [0, 0.05) is 18.7 Å². The van der Waals surface area contributed by atoms with Crippen molar-refractivity contribution in [2.75, 3.05) is 33.9 Å². The number of methoxy groups -OCH3 is 2. The van der Waals surface area contributed by atoms with E-state index < -0.39 is 11.1 Å². The van der Waals surface area contributed by atoms with Crippen LogP contribution in [-0.4, -0.2) is 60.7 Å². The van der Waals surface area contributed by atoms with Crippen molar-refractivity contribution in [1.29, 1.82) is 0 Å². The predicted molar refractivity (Wildman–Crippen MR) is 107 cm³/mol. The molecule has 0 atom stereocenters. The van der Waals surface area contributed by atoms with E-state index in [2.05, 4.69) is 0 Å². The van der Waals surface area contributed by atoms with E-state index in [4.69, 9.17) is 9.47 Å². The maximum absolute atomic E-state index is 12.7. The monoisotopic (exact) mass is 404 g/mol. The zero-order valence-electron chi connectivity index (χ0n) is 16.1. The molecule has 2 aliphatic rings. The Hall–Kier alpha value is -2.48. The molecule has 3 rings (SSSR count). The number of carbonyl (C=O) groups excluding carboxylic acids is 3. The molecule has 0 unspecified atom stereocenters. The van der Waals surface area contributed by atoms with Gasteiger partial charge in [-0.05, 0) is 36.7 Å². The summed E-state index contributed by atoms with van der Waals surface area (Å²) in [6.07, 6.45) is 5.74. The average molecular weight is 404 g/mol. The van der Waals surface area contributed by atoms with E-state index in [0.717, 1.165) is 42.3 Å². The van der Waals surface area contributed by atoms with Crippen molar-refractivity contribution < 1.29 is 23.9 Å². The summed E-state index contributed by atoms with van der Waals surface area (Å²) >= 11 is 0.833. The van der Waals surface area contributed by atoms with Crippen molar-refractivity contribution in [3.63, 3.8) is 0 Å². The van der Waals surface area contributed by atoms with Gasteiger partial charge < -0.3 is 14.4 Å². The van der Waals surface area contributed by atoms with Crippen LogP contribution >= 0.6 is 11.8 Å². The fourth-order valence-electron chi connectivity index (χ4n) is 3.36. The van der Waals surface area contributed by atoms with Crippen LogP contribution in [0.5, 0.6) is 11.5 Å². The zero-order chi connectivity index (χ0) is 20.1. The van der Waals surface area contributed by atoms with Crippen molar-refractivity contribution >= 4 is 34.9 Å². The standard InChI is InChI=1S/C20H24N2O5S/c1-26-15-9-7-8-14(18(15)27-2)12-16-19(24)22(20(25)28-16)13-17(23)21-10-5-3-4-6-11-21/h7-9,12H,3-6,10-11,13H2,1-2H3. The molecule has 7 nitrogen and oxygen atoms in total. The lowest BCUT2D eigenvalue weighted by atomic mass is 10.1. The molecule has 0 bridgehead atoms. The third-order valence-electron chi connectivity index (χ3n) is 4.85. The van der Waals surface area contributed by atoms with Crippen LogP contribution < -0.4 is 9.47 Å². The second-order valence-electron chi connectivity index (χ2n) is 6.65. The largest absolute Gasteiger partial charge is 0.493 e. The van der Waals surface area contributed by atoms with Crippen LogP contribution in [0, 0.1) is 0 Å². The van der Waals surface area contributed by atoms with Crippen LogP contribution in [0.1, 0.15) is 31.2 Å². The minimum absolute atomic E-state index is 0.176. The van der Waals surface area contributed by atoms with Gasteiger partial charge in [-0.15, -0.1) is 0 Å². The number of nitrogens with zero attached hydrogens (tertiary/aromatic N) is 2. The van der Waals surface area contributed by atoms with E-state index in [0.29, 0.717) is 30.2 Å². The van der Waals surface area contributed by atoms with E-state index >= 15 is 0 Å². The molecule has 0 radical (unpaired) electrons. The number of imide groups is 1. The number of ether oxygens (including phenoxy) is 2. The number of hydrogen-bond acceptors (Lipinski definition) is 6. The number of likely N-dealkylation sites (tertiary alicyclic amines) is 1. The minimum Gasteiger partial charge on any atom is -0.493 e. The smallest absolute Gasteiger partial charge is 0.294 e. The summed E-state index contributed by atoms with van der Waals surface area (Å²) in [5.74, 6) is 0.386. The lowest BCUT2D eigenvalue weighted by molar-refractivity contribution is -0.135. The number of amides is 3. The molecule has 2 heterocycles. The zero-order valence-corrected chi connectivity index (χ0v) is 16.9. The number of para-hydroxylation sites is 1. The first-order valence-corrected chi connectivity index (χ1v) is 10.1. The molecule has 0 N–H and O–H groups in total. The van der Waals surface area contributed by atoms with E-state index in [1.54, 1.807) is 29.2 Å². The fourth-order valence-corrected chi connectivity index (χ4v) is 4.19. The lowest BCUT2D eigenvalue weighted by Gasteiger charge is -2.22. The van der Waals surface area contributed by atoms with Crippen LogP contribution in [0.4, 0.5) is 4.79 Å². The Labute approximate surface area is 168 Å². The molecule has 2 saturated heterocycles. The highest BCUT2D eigenvalue weighted by atomic mass is 32.2. The molecule has 0 aromatic heterocycles. The Balaban J connectivity index is 1.76. The molecule has 0 saturated carbocycles. The molecular weight excluding hydrogens is 380 g/mol. The number of rotatable bonds is 5. The van der Waals surface area contributed by atoms with Crippen LogP contribution in [-0.2, 0) is 9.59 Å². The van der Waals surface area contributed by atoms with Gasteiger partial charge >= 0.3 is 0 Å². The minimum atomic E-state index is -0.456. The van der Waals surface area contributed by atoms with E-state index in [9.17, 15) is 14.4 Å². The molecular formula is C20H24N2O5S. The summed E-state index contributed by atoms with van der Waals surface area (Å²) in [6.45, 7) is 1.16. The van der Waals surface area contributed by atoms with Crippen molar-refractivity contribution in [2.45, 2.75) is 25.7 Å². The molecule has 1 aromatic rings. The Morgan fingerprint density at radius 2 is 1.82 bits per heavy atom. The number of benzene rings is 1. The Morgan fingerprint density at radius 3 is 2.46 bits per heavy atom. The quantitative estimate of drug-likeness (QED) is 0.702. The van der Waals surface area contributed by atoms with Gasteiger partial charge in [-0.2, -0.15) is 0 Å².